The number of aryl methyl sites for hydroxylation is 1. The van der Waals surface area contributed by atoms with Crippen LogP contribution in [-0.4, -0.2) is 28.6 Å². The van der Waals surface area contributed by atoms with Crippen molar-refractivity contribution in [3.05, 3.63) is 21.1 Å². The molecule has 0 saturated carbocycles. The van der Waals surface area contributed by atoms with Crippen LogP contribution in [0.3, 0.4) is 0 Å². The van der Waals surface area contributed by atoms with Gasteiger partial charge in [0.05, 0.1) is 12.7 Å². The highest BCUT2D eigenvalue weighted by atomic mass is 79.9. The minimum Gasteiger partial charge on any atom is -0.398 e. The van der Waals surface area contributed by atoms with E-state index in [9.17, 15) is 8.42 Å². The van der Waals surface area contributed by atoms with Gasteiger partial charge in [0.25, 0.3) is 16.0 Å². The van der Waals surface area contributed by atoms with Crippen LogP contribution in [0.1, 0.15) is 0 Å². The van der Waals surface area contributed by atoms with Gasteiger partial charge in [0.15, 0.2) is 0 Å². The van der Waals surface area contributed by atoms with E-state index in [4.69, 9.17) is 5.73 Å². The fourth-order valence-electron chi connectivity index (χ4n) is 1.36. The number of hydrogen-bond acceptors (Lipinski definition) is 6. The number of anilines is 2. The van der Waals surface area contributed by atoms with Crippen molar-refractivity contribution in [3.63, 3.8) is 0 Å². The SMILES string of the molecule is Cn1nnc(NS(=O)(=O)c2c(N)cc(Br)cc2Br)n1. The largest absolute Gasteiger partial charge is 0.398 e. The molecule has 0 atom stereocenters. The number of hydrogen-bond donors (Lipinski definition) is 2. The molecular formula is C8H8Br2N6O2S. The Bertz CT molecular complexity index is 706. The highest BCUT2D eigenvalue weighted by Crippen LogP contribution is 2.32. The van der Waals surface area contributed by atoms with Crippen LogP contribution in [0.5, 0.6) is 0 Å². The second-order valence-electron chi connectivity index (χ2n) is 3.51. The summed E-state index contributed by atoms with van der Waals surface area (Å²) in [5, 5.41) is 10.8. The zero-order valence-electron chi connectivity index (χ0n) is 9.50. The maximum Gasteiger partial charge on any atom is 0.277 e. The molecular weight excluding hydrogens is 404 g/mol. The molecule has 0 radical (unpaired) electrons. The Morgan fingerprint density at radius 1 is 1.37 bits per heavy atom. The van der Waals surface area contributed by atoms with Gasteiger partial charge in [0.2, 0.25) is 0 Å². The molecule has 1 aromatic carbocycles. The number of nitrogens with two attached hydrogens (primary N) is 1. The molecule has 0 unspecified atom stereocenters. The van der Waals surface area contributed by atoms with Crippen LogP contribution < -0.4 is 10.5 Å². The van der Waals surface area contributed by atoms with Crippen molar-refractivity contribution in [1.82, 2.24) is 20.2 Å². The molecule has 0 saturated heterocycles. The number of nitrogens with one attached hydrogen (secondary N) is 1. The number of nitrogen functional groups attached to an aromatic ring is 1. The van der Waals surface area contributed by atoms with Crippen LogP contribution in [0.15, 0.2) is 26.0 Å². The number of benzene rings is 1. The Labute approximate surface area is 125 Å². The Kier molecular flexibility index (Phi) is 3.78. The summed E-state index contributed by atoms with van der Waals surface area (Å²) >= 11 is 6.38. The number of rotatable bonds is 3. The molecule has 102 valence electrons. The molecule has 1 aromatic heterocycles. The van der Waals surface area contributed by atoms with E-state index >= 15 is 0 Å². The van der Waals surface area contributed by atoms with Gasteiger partial charge in [-0.3, -0.25) is 0 Å². The molecule has 19 heavy (non-hydrogen) atoms. The van der Waals surface area contributed by atoms with Gasteiger partial charge in [-0.05, 0) is 33.3 Å². The molecule has 0 aliphatic rings. The monoisotopic (exact) mass is 410 g/mol. The first-order valence-electron chi connectivity index (χ1n) is 4.81. The van der Waals surface area contributed by atoms with E-state index in [0.29, 0.717) is 8.95 Å². The molecule has 0 spiro atoms. The first-order chi connectivity index (χ1) is 8.79. The Hall–Kier alpha value is -1.20. The van der Waals surface area contributed by atoms with Crippen molar-refractivity contribution >= 4 is 53.5 Å². The predicted octanol–water partition coefficient (Wildman–Crippen LogP) is 1.12. The van der Waals surface area contributed by atoms with E-state index in [1.165, 1.54) is 13.1 Å². The van der Waals surface area contributed by atoms with Gasteiger partial charge in [-0.15, -0.1) is 5.10 Å². The smallest absolute Gasteiger partial charge is 0.277 e. The lowest BCUT2D eigenvalue weighted by Crippen LogP contribution is -2.16. The van der Waals surface area contributed by atoms with Crippen molar-refractivity contribution in [3.8, 4) is 0 Å². The topological polar surface area (TPSA) is 116 Å². The molecule has 1 heterocycles. The van der Waals surface area contributed by atoms with Gasteiger partial charge in [0.1, 0.15) is 4.90 Å². The molecule has 0 bridgehead atoms. The third kappa shape index (κ3) is 3.04. The van der Waals surface area contributed by atoms with E-state index in [2.05, 4.69) is 52.0 Å². The van der Waals surface area contributed by atoms with E-state index < -0.39 is 10.0 Å². The molecule has 2 rings (SSSR count). The third-order valence-corrected chi connectivity index (χ3v) is 4.83. The van der Waals surface area contributed by atoms with Gasteiger partial charge >= 0.3 is 0 Å². The van der Waals surface area contributed by atoms with Gasteiger partial charge < -0.3 is 5.73 Å². The van der Waals surface area contributed by atoms with E-state index in [-0.39, 0.29) is 16.5 Å². The standard InChI is InChI=1S/C8H8Br2N6O2S/c1-16-13-8(12-15-16)14-19(17,18)7-5(10)2-4(9)3-6(7)11/h2-3H,11H2,1H3,(H,13,14). The van der Waals surface area contributed by atoms with Gasteiger partial charge in [-0.2, -0.15) is 4.80 Å². The zero-order chi connectivity index (χ0) is 14.2. The van der Waals surface area contributed by atoms with Gasteiger partial charge in [-0.25, -0.2) is 13.1 Å². The van der Waals surface area contributed by atoms with E-state index in [1.54, 1.807) is 6.07 Å². The summed E-state index contributed by atoms with van der Waals surface area (Å²) in [4.78, 5) is 1.06. The summed E-state index contributed by atoms with van der Waals surface area (Å²) in [5.41, 5.74) is 5.82. The molecule has 0 fully saturated rings. The number of aromatic nitrogens is 4. The second kappa shape index (κ2) is 5.06. The zero-order valence-corrected chi connectivity index (χ0v) is 13.5. The summed E-state index contributed by atoms with van der Waals surface area (Å²) in [6.07, 6.45) is 0. The first-order valence-corrected chi connectivity index (χ1v) is 7.88. The lowest BCUT2D eigenvalue weighted by molar-refractivity contribution is 0.600. The molecule has 2 aromatic rings. The van der Waals surface area contributed by atoms with Crippen molar-refractivity contribution in [1.29, 1.82) is 0 Å². The second-order valence-corrected chi connectivity index (χ2v) is 6.90. The number of nitrogens with zero attached hydrogens (tertiary/aromatic N) is 4. The molecule has 0 aliphatic carbocycles. The summed E-state index contributed by atoms with van der Waals surface area (Å²) < 4.78 is 27.6. The quantitative estimate of drug-likeness (QED) is 0.731. The lowest BCUT2D eigenvalue weighted by Gasteiger charge is -2.10. The molecule has 3 N–H and O–H groups in total. The van der Waals surface area contributed by atoms with Crippen LogP contribution in [0.4, 0.5) is 11.6 Å². The van der Waals surface area contributed by atoms with E-state index in [1.807, 2.05) is 0 Å². The Balaban J connectivity index is 2.45. The Morgan fingerprint density at radius 2 is 2.05 bits per heavy atom. The van der Waals surface area contributed by atoms with Crippen LogP contribution in [0.2, 0.25) is 0 Å². The average molecular weight is 412 g/mol. The highest BCUT2D eigenvalue weighted by Gasteiger charge is 2.23. The normalized spacial score (nSPS) is 11.5. The van der Waals surface area contributed by atoms with Crippen molar-refractivity contribution < 1.29 is 8.42 Å². The summed E-state index contributed by atoms with van der Waals surface area (Å²) in [6.45, 7) is 0. The molecule has 0 amide bonds. The maximum atomic E-state index is 12.2. The van der Waals surface area contributed by atoms with E-state index in [0.717, 1.165) is 4.80 Å². The highest BCUT2D eigenvalue weighted by molar-refractivity contribution is 9.11. The lowest BCUT2D eigenvalue weighted by atomic mass is 10.3. The van der Waals surface area contributed by atoms with Crippen LogP contribution in [0, 0.1) is 0 Å². The number of sulfonamides is 1. The van der Waals surface area contributed by atoms with Crippen LogP contribution >= 0.6 is 31.9 Å². The summed E-state index contributed by atoms with van der Waals surface area (Å²) in [7, 11) is -2.38. The number of halogens is 2. The Morgan fingerprint density at radius 3 is 2.58 bits per heavy atom. The molecule has 11 heteroatoms. The first kappa shape index (κ1) is 14.2. The minimum absolute atomic E-state index is 0.0804. The molecule has 8 nitrogen and oxygen atoms in total. The molecule has 0 aliphatic heterocycles. The predicted molar refractivity (Wildman–Crippen MR) is 75.9 cm³/mol. The van der Waals surface area contributed by atoms with Crippen molar-refractivity contribution in [2.45, 2.75) is 4.90 Å². The van der Waals surface area contributed by atoms with Gasteiger partial charge in [0, 0.05) is 8.95 Å². The summed E-state index contributed by atoms with van der Waals surface area (Å²) in [5.74, 6) is -0.128. The van der Waals surface area contributed by atoms with Crippen LogP contribution in [0.25, 0.3) is 0 Å². The van der Waals surface area contributed by atoms with Crippen LogP contribution in [-0.2, 0) is 17.1 Å². The summed E-state index contributed by atoms with van der Waals surface area (Å²) in [6, 6.07) is 3.07. The van der Waals surface area contributed by atoms with Gasteiger partial charge in [-0.1, -0.05) is 21.0 Å². The fraction of sp³-hybridized carbons (Fsp3) is 0.125. The average Bonchev–Trinajstić information content (AvgIpc) is 2.60. The van der Waals surface area contributed by atoms with Crippen molar-refractivity contribution in [2.24, 2.45) is 7.05 Å². The third-order valence-electron chi connectivity index (χ3n) is 2.04. The minimum atomic E-state index is -3.90. The maximum absolute atomic E-state index is 12.2. The fourth-order valence-corrected chi connectivity index (χ4v) is 4.37. The number of tetrazole rings is 1. The van der Waals surface area contributed by atoms with Crippen molar-refractivity contribution in [2.75, 3.05) is 10.5 Å².